The second-order valence-electron chi connectivity index (χ2n) is 5.54. The van der Waals surface area contributed by atoms with Crippen molar-refractivity contribution in [1.29, 1.82) is 0 Å². The Morgan fingerprint density at radius 2 is 1.00 bits per heavy atom. The fraction of sp³-hybridized carbons (Fsp3) is 0.833. The van der Waals surface area contributed by atoms with Crippen molar-refractivity contribution in [3.8, 4) is 0 Å². The smallest absolute Gasteiger partial charge is 0.307 e. The van der Waals surface area contributed by atoms with Gasteiger partial charge >= 0.3 is 11.9 Å². The van der Waals surface area contributed by atoms with Gasteiger partial charge in [0.1, 0.15) is 0 Å². The molecule has 4 rings (SSSR count). The molecule has 4 fully saturated rings. The topological polar surface area (TPSA) is 74.6 Å². The molecule has 0 radical (unpaired) electrons. The highest BCUT2D eigenvalue weighted by Gasteiger charge is 2.61. The molecule has 0 saturated heterocycles. The zero-order valence-electron chi connectivity index (χ0n) is 9.00. The summed E-state index contributed by atoms with van der Waals surface area (Å²) in [5, 5.41) is 18.5. The van der Waals surface area contributed by atoms with Gasteiger partial charge in [0.05, 0.1) is 11.8 Å². The molecule has 4 aliphatic carbocycles. The van der Waals surface area contributed by atoms with Crippen LogP contribution in [-0.2, 0) is 9.59 Å². The van der Waals surface area contributed by atoms with Gasteiger partial charge in [-0.3, -0.25) is 9.59 Å². The van der Waals surface area contributed by atoms with Crippen LogP contribution in [-0.4, -0.2) is 22.2 Å². The van der Waals surface area contributed by atoms with E-state index in [1.807, 2.05) is 0 Å². The Morgan fingerprint density at radius 1 is 0.688 bits per heavy atom. The standard InChI is InChI=1S/C12H16O4/c13-11(14)9-7-3-4-8(10(9)12(15)16)6-2-1-5(6)7/h5-10H,1-4H2,(H,13,14)(H,15,16)/t5-,6-,7-,8-,9-,10+/m0/s1. The van der Waals surface area contributed by atoms with Gasteiger partial charge in [0.15, 0.2) is 0 Å². The molecule has 0 aromatic heterocycles. The van der Waals surface area contributed by atoms with Gasteiger partial charge < -0.3 is 10.2 Å². The molecule has 16 heavy (non-hydrogen) atoms. The van der Waals surface area contributed by atoms with Crippen LogP contribution in [0.2, 0.25) is 0 Å². The minimum atomic E-state index is -0.896. The lowest BCUT2D eigenvalue weighted by Gasteiger charge is -2.59. The number of fused-ring (bicyclic) bond motifs is 2. The Balaban J connectivity index is 1.97. The molecule has 0 unspecified atom stereocenters. The molecule has 0 amide bonds. The van der Waals surface area contributed by atoms with Crippen molar-refractivity contribution >= 4 is 11.9 Å². The molecule has 0 aromatic rings. The van der Waals surface area contributed by atoms with Gasteiger partial charge in [0.25, 0.3) is 0 Å². The number of hydrogen-bond donors (Lipinski definition) is 2. The van der Waals surface area contributed by atoms with Crippen LogP contribution < -0.4 is 0 Å². The second kappa shape index (κ2) is 3.22. The van der Waals surface area contributed by atoms with E-state index in [0.29, 0.717) is 11.8 Å². The predicted molar refractivity (Wildman–Crippen MR) is 54.7 cm³/mol. The Bertz CT molecular complexity index is 317. The average Bonchev–Trinajstić information content (AvgIpc) is 2.15. The summed E-state index contributed by atoms with van der Waals surface area (Å²) in [5.74, 6) is -1.77. The van der Waals surface area contributed by atoms with Crippen LogP contribution in [0, 0.1) is 35.5 Å². The Hall–Kier alpha value is -1.06. The molecule has 2 bridgehead atoms. The van der Waals surface area contributed by atoms with Crippen LogP contribution in [0.3, 0.4) is 0 Å². The van der Waals surface area contributed by atoms with Gasteiger partial charge in [-0.05, 0) is 49.4 Å². The summed E-state index contributed by atoms with van der Waals surface area (Å²) < 4.78 is 0. The molecule has 4 nitrogen and oxygen atoms in total. The third-order valence-corrected chi connectivity index (χ3v) is 5.20. The molecule has 4 aliphatic rings. The molecule has 4 saturated carbocycles. The average molecular weight is 224 g/mol. The first-order valence-electron chi connectivity index (χ1n) is 6.07. The fourth-order valence-corrected chi connectivity index (χ4v) is 4.53. The number of rotatable bonds is 2. The van der Waals surface area contributed by atoms with Gasteiger partial charge in [-0.1, -0.05) is 0 Å². The van der Waals surface area contributed by atoms with Crippen molar-refractivity contribution in [1.82, 2.24) is 0 Å². The van der Waals surface area contributed by atoms with E-state index in [1.54, 1.807) is 0 Å². The zero-order valence-corrected chi connectivity index (χ0v) is 9.00. The van der Waals surface area contributed by atoms with Gasteiger partial charge in [-0.25, -0.2) is 0 Å². The van der Waals surface area contributed by atoms with E-state index in [1.165, 1.54) is 0 Å². The first-order valence-corrected chi connectivity index (χ1v) is 6.07. The third kappa shape index (κ3) is 1.10. The first kappa shape index (κ1) is 10.1. The van der Waals surface area contributed by atoms with Crippen molar-refractivity contribution in [2.75, 3.05) is 0 Å². The molecule has 0 aromatic carbocycles. The quantitative estimate of drug-likeness (QED) is 0.744. The summed E-state index contributed by atoms with van der Waals surface area (Å²) in [6, 6.07) is 0. The van der Waals surface area contributed by atoms with E-state index in [4.69, 9.17) is 0 Å². The lowest BCUT2D eigenvalue weighted by atomic mass is 9.44. The summed E-state index contributed by atoms with van der Waals surface area (Å²) in [4.78, 5) is 22.5. The van der Waals surface area contributed by atoms with E-state index < -0.39 is 23.8 Å². The lowest BCUT2D eigenvalue weighted by Crippen LogP contribution is -2.58. The summed E-state index contributed by atoms with van der Waals surface area (Å²) in [6.07, 6.45) is 4.07. The number of carboxylic acids is 2. The van der Waals surface area contributed by atoms with Crippen LogP contribution in [0.1, 0.15) is 25.7 Å². The minimum absolute atomic E-state index is 0.127. The maximum Gasteiger partial charge on any atom is 0.307 e. The summed E-state index contributed by atoms with van der Waals surface area (Å²) in [6.45, 7) is 0. The van der Waals surface area contributed by atoms with Crippen molar-refractivity contribution in [3.63, 3.8) is 0 Å². The Morgan fingerprint density at radius 3 is 1.25 bits per heavy atom. The molecule has 0 heterocycles. The molecule has 0 aliphatic heterocycles. The van der Waals surface area contributed by atoms with Crippen molar-refractivity contribution < 1.29 is 19.8 Å². The highest BCUT2D eigenvalue weighted by Crippen LogP contribution is 2.62. The maximum atomic E-state index is 11.3. The molecule has 4 heteroatoms. The molecular weight excluding hydrogens is 208 g/mol. The van der Waals surface area contributed by atoms with Crippen LogP contribution in [0.25, 0.3) is 0 Å². The molecule has 0 spiro atoms. The normalized spacial score (nSPS) is 49.2. The van der Waals surface area contributed by atoms with Crippen LogP contribution in [0.5, 0.6) is 0 Å². The molecule has 6 atom stereocenters. The fourth-order valence-electron chi connectivity index (χ4n) is 4.53. The Kier molecular flexibility index (Phi) is 2.03. The second-order valence-corrected chi connectivity index (χ2v) is 5.54. The number of carbonyl (C=O) groups is 2. The van der Waals surface area contributed by atoms with E-state index in [0.717, 1.165) is 25.7 Å². The highest BCUT2D eigenvalue weighted by molar-refractivity contribution is 5.81. The van der Waals surface area contributed by atoms with E-state index in [-0.39, 0.29) is 11.8 Å². The van der Waals surface area contributed by atoms with E-state index >= 15 is 0 Å². The lowest BCUT2D eigenvalue weighted by molar-refractivity contribution is -0.185. The van der Waals surface area contributed by atoms with Crippen molar-refractivity contribution in [2.45, 2.75) is 25.7 Å². The molecular formula is C12H16O4. The van der Waals surface area contributed by atoms with E-state index in [2.05, 4.69) is 0 Å². The molecule has 2 N–H and O–H groups in total. The third-order valence-electron chi connectivity index (χ3n) is 5.20. The highest BCUT2D eigenvalue weighted by atomic mass is 16.4. The van der Waals surface area contributed by atoms with Gasteiger partial charge in [0.2, 0.25) is 0 Å². The van der Waals surface area contributed by atoms with Crippen LogP contribution in [0.15, 0.2) is 0 Å². The number of carboxylic acid groups (broad SMARTS) is 2. The number of hydrogen-bond acceptors (Lipinski definition) is 2. The van der Waals surface area contributed by atoms with Crippen molar-refractivity contribution in [3.05, 3.63) is 0 Å². The summed E-state index contributed by atoms with van der Waals surface area (Å²) in [7, 11) is 0. The van der Waals surface area contributed by atoms with E-state index in [9.17, 15) is 19.8 Å². The minimum Gasteiger partial charge on any atom is -0.481 e. The van der Waals surface area contributed by atoms with Gasteiger partial charge in [-0.2, -0.15) is 0 Å². The molecule has 88 valence electrons. The predicted octanol–water partition coefficient (Wildman–Crippen LogP) is 1.45. The number of aliphatic carboxylic acids is 2. The monoisotopic (exact) mass is 224 g/mol. The first-order chi connectivity index (χ1) is 7.61. The van der Waals surface area contributed by atoms with Gasteiger partial charge in [0, 0.05) is 0 Å². The van der Waals surface area contributed by atoms with Crippen molar-refractivity contribution in [2.24, 2.45) is 35.5 Å². The Labute approximate surface area is 93.6 Å². The van der Waals surface area contributed by atoms with Crippen LogP contribution >= 0.6 is 0 Å². The maximum absolute atomic E-state index is 11.3. The zero-order chi connectivity index (χ0) is 11.4. The SMILES string of the molecule is O=C(O)[C@@H]1[C@H]2CC[C@@H]([C@H]3CC[C@@H]32)[C@@H]1C(=O)O. The summed E-state index contributed by atoms with van der Waals surface area (Å²) >= 11 is 0. The summed E-state index contributed by atoms with van der Waals surface area (Å²) in [5.41, 5.74) is 0. The van der Waals surface area contributed by atoms with Crippen LogP contribution in [0.4, 0.5) is 0 Å². The van der Waals surface area contributed by atoms with Gasteiger partial charge in [-0.15, -0.1) is 0 Å². The largest absolute Gasteiger partial charge is 0.481 e.